The first-order valence-corrected chi connectivity index (χ1v) is 12.6. The van der Waals surface area contributed by atoms with E-state index in [-0.39, 0.29) is 5.78 Å². The Morgan fingerprint density at radius 1 is 1.03 bits per heavy atom. The first-order valence-electron chi connectivity index (χ1n) is 12.6. The Hall–Kier alpha value is -3.05. The number of aromatic nitrogens is 2. The predicted molar refractivity (Wildman–Crippen MR) is 138 cm³/mol. The number of fused-ring (bicyclic) bond motifs is 3. The molecule has 2 heterocycles. The normalized spacial score (nSPS) is 15.1. The Morgan fingerprint density at radius 2 is 1.82 bits per heavy atom. The van der Waals surface area contributed by atoms with Gasteiger partial charge in [-0.2, -0.15) is 0 Å². The van der Waals surface area contributed by atoms with Crippen molar-refractivity contribution in [2.24, 2.45) is 0 Å². The standard InChI is InChI=1S/C29H34N4O/c1-20-7-9-22(10-8-20)17-27-31-26-19-24-18-23(21(2)34)11-12-25(24)28(26)29(32-27)30-13-6-16-33-14-4-3-5-15-33/h7-12,18H,3-6,13-17,19H2,1-2H3,(H,30,31,32). The van der Waals surface area contributed by atoms with Crippen molar-refractivity contribution in [3.63, 3.8) is 0 Å². The highest BCUT2D eigenvalue weighted by Gasteiger charge is 2.26. The van der Waals surface area contributed by atoms with Crippen LogP contribution < -0.4 is 5.32 Å². The van der Waals surface area contributed by atoms with Crippen LogP contribution in [0, 0.1) is 6.92 Å². The van der Waals surface area contributed by atoms with Crippen LogP contribution in [0.2, 0.25) is 0 Å². The molecular weight excluding hydrogens is 420 g/mol. The molecule has 0 unspecified atom stereocenters. The van der Waals surface area contributed by atoms with Gasteiger partial charge in [0.25, 0.3) is 0 Å². The molecule has 1 N–H and O–H groups in total. The smallest absolute Gasteiger partial charge is 0.159 e. The lowest BCUT2D eigenvalue weighted by molar-refractivity contribution is 0.101. The molecule has 2 aromatic carbocycles. The molecule has 3 aromatic rings. The Morgan fingerprint density at radius 3 is 2.59 bits per heavy atom. The molecule has 1 fully saturated rings. The third-order valence-electron chi connectivity index (χ3n) is 7.04. The predicted octanol–water partition coefficient (Wildman–Crippen LogP) is 5.44. The third kappa shape index (κ3) is 5.05. The molecule has 0 radical (unpaired) electrons. The van der Waals surface area contributed by atoms with Crippen molar-refractivity contribution in [2.75, 3.05) is 31.5 Å². The van der Waals surface area contributed by atoms with Crippen LogP contribution >= 0.6 is 0 Å². The molecule has 5 rings (SSSR count). The van der Waals surface area contributed by atoms with E-state index in [1.807, 2.05) is 12.1 Å². The second-order valence-corrected chi connectivity index (χ2v) is 9.76. The summed E-state index contributed by atoms with van der Waals surface area (Å²) in [5.74, 6) is 1.88. The Kier molecular flexibility index (Phi) is 6.73. The molecule has 5 heteroatoms. The zero-order valence-corrected chi connectivity index (χ0v) is 20.4. The van der Waals surface area contributed by atoms with E-state index >= 15 is 0 Å². The van der Waals surface area contributed by atoms with Crippen molar-refractivity contribution in [3.8, 4) is 11.1 Å². The van der Waals surface area contributed by atoms with E-state index in [0.717, 1.165) is 60.0 Å². The molecule has 34 heavy (non-hydrogen) atoms. The van der Waals surface area contributed by atoms with Gasteiger partial charge in [0.15, 0.2) is 5.78 Å². The number of benzene rings is 2. The summed E-state index contributed by atoms with van der Waals surface area (Å²) in [6.07, 6.45) is 6.59. The molecule has 2 aliphatic rings. The van der Waals surface area contributed by atoms with Gasteiger partial charge in [-0.1, -0.05) is 48.4 Å². The Balaban J connectivity index is 1.39. The summed E-state index contributed by atoms with van der Waals surface area (Å²) in [6.45, 7) is 8.22. The summed E-state index contributed by atoms with van der Waals surface area (Å²) in [5.41, 5.74) is 7.72. The van der Waals surface area contributed by atoms with E-state index in [1.54, 1.807) is 6.92 Å². The molecule has 1 aliphatic carbocycles. The second-order valence-electron chi connectivity index (χ2n) is 9.76. The molecule has 5 nitrogen and oxygen atoms in total. The van der Waals surface area contributed by atoms with Crippen LogP contribution in [0.15, 0.2) is 42.5 Å². The van der Waals surface area contributed by atoms with Crippen LogP contribution in [-0.4, -0.2) is 46.8 Å². The quantitative estimate of drug-likeness (QED) is 0.284. The van der Waals surface area contributed by atoms with Gasteiger partial charge in [0, 0.05) is 30.5 Å². The number of rotatable bonds is 8. The van der Waals surface area contributed by atoms with Crippen LogP contribution in [0.25, 0.3) is 11.1 Å². The number of piperidine rings is 1. The lowest BCUT2D eigenvalue weighted by Crippen LogP contribution is -2.31. The topological polar surface area (TPSA) is 58.1 Å². The minimum atomic E-state index is 0.0981. The Labute approximate surface area is 202 Å². The number of nitrogens with zero attached hydrogens (tertiary/aromatic N) is 3. The van der Waals surface area contributed by atoms with Gasteiger partial charge in [-0.3, -0.25) is 4.79 Å². The van der Waals surface area contributed by atoms with Crippen LogP contribution in [0.5, 0.6) is 0 Å². The molecule has 1 aromatic heterocycles. The minimum Gasteiger partial charge on any atom is -0.369 e. The van der Waals surface area contributed by atoms with Crippen molar-refractivity contribution < 1.29 is 4.79 Å². The van der Waals surface area contributed by atoms with Crippen LogP contribution in [0.4, 0.5) is 5.82 Å². The first-order chi connectivity index (χ1) is 16.6. The second kappa shape index (κ2) is 10.1. The fourth-order valence-corrected chi connectivity index (χ4v) is 5.14. The maximum Gasteiger partial charge on any atom is 0.159 e. The molecular formula is C29H34N4O. The number of hydrogen-bond donors (Lipinski definition) is 1. The van der Waals surface area contributed by atoms with Gasteiger partial charge in [0.2, 0.25) is 0 Å². The average Bonchev–Trinajstić information content (AvgIpc) is 3.21. The van der Waals surface area contributed by atoms with Crippen molar-refractivity contribution in [1.82, 2.24) is 14.9 Å². The molecule has 176 valence electrons. The van der Waals surface area contributed by atoms with Gasteiger partial charge in [-0.25, -0.2) is 9.97 Å². The lowest BCUT2D eigenvalue weighted by Gasteiger charge is -2.26. The van der Waals surface area contributed by atoms with E-state index in [2.05, 4.69) is 47.5 Å². The number of carbonyl (C=O) groups excluding carboxylic acids is 1. The van der Waals surface area contributed by atoms with Crippen molar-refractivity contribution in [1.29, 1.82) is 0 Å². The summed E-state index contributed by atoms with van der Waals surface area (Å²) in [4.78, 5) is 24.5. The zero-order chi connectivity index (χ0) is 23.5. The monoisotopic (exact) mass is 454 g/mol. The third-order valence-corrected chi connectivity index (χ3v) is 7.04. The summed E-state index contributed by atoms with van der Waals surface area (Å²) in [5, 5.41) is 3.65. The van der Waals surface area contributed by atoms with Gasteiger partial charge in [0.05, 0.1) is 5.69 Å². The molecule has 0 spiro atoms. The number of aryl methyl sites for hydroxylation is 1. The van der Waals surface area contributed by atoms with Gasteiger partial charge < -0.3 is 10.2 Å². The van der Waals surface area contributed by atoms with E-state index < -0.39 is 0 Å². The fourth-order valence-electron chi connectivity index (χ4n) is 5.14. The maximum absolute atomic E-state index is 11.9. The SMILES string of the molecule is CC(=O)c1ccc2c(c1)Cc1nc(Cc3ccc(C)cc3)nc(NCCCN3CCCCC3)c1-2. The molecule has 1 saturated heterocycles. The maximum atomic E-state index is 11.9. The van der Waals surface area contributed by atoms with Gasteiger partial charge in [0.1, 0.15) is 11.6 Å². The summed E-state index contributed by atoms with van der Waals surface area (Å²) < 4.78 is 0. The number of ketones is 1. The summed E-state index contributed by atoms with van der Waals surface area (Å²) in [7, 11) is 0. The van der Waals surface area contributed by atoms with Crippen LogP contribution in [-0.2, 0) is 12.8 Å². The van der Waals surface area contributed by atoms with E-state index in [1.165, 1.54) is 49.0 Å². The molecule has 0 bridgehead atoms. The number of hydrogen-bond acceptors (Lipinski definition) is 5. The van der Waals surface area contributed by atoms with Crippen molar-refractivity contribution in [3.05, 3.63) is 76.2 Å². The summed E-state index contributed by atoms with van der Waals surface area (Å²) >= 11 is 0. The summed E-state index contributed by atoms with van der Waals surface area (Å²) in [6, 6.07) is 14.6. The van der Waals surface area contributed by atoms with E-state index in [0.29, 0.717) is 6.42 Å². The number of Topliss-reactive ketones (excluding diaryl/α,β-unsaturated/α-hetero) is 1. The molecule has 0 saturated carbocycles. The van der Waals surface area contributed by atoms with Gasteiger partial charge in [-0.05, 0) is 75.5 Å². The van der Waals surface area contributed by atoms with E-state index in [4.69, 9.17) is 9.97 Å². The molecule has 0 atom stereocenters. The van der Waals surface area contributed by atoms with Crippen LogP contribution in [0.1, 0.15) is 71.2 Å². The van der Waals surface area contributed by atoms with Crippen molar-refractivity contribution >= 4 is 11.6 Å². The average molecular weight is 455 g/mol. The highest BCUT2D eigenvalue weighted by Crippen LogP contribution is 2.40. The Bertz CT molecular complexity index is 1180. The van der Waals surface area contributed by atoms with Crippen molar-refractivity contribution in [2.45, 2.75) is 52.4 Å². The number of nitrogens with one attached hydrogen (secondary N) is 1. The number of carbonyl (C=O) groups is 1. The first kappa shape index (κ1) is 22.7. The van der Waals surface area contributed by atoms with Gasteiger partial charge in [-0.15, -0.1) is 0 Å². The largest absolute Gasteiger partial charge is 0.369 e. The minimum absolute atomic E-state index is 0.0981. The number of anilines is 1. The zero-order valence-electron chi connectivity index (χ0n) is 20.4. The van der Waals surface area contributed by atoms with Crippen LogP contribution in [0.3, 0.4) is 0 Å². The van der Waals surface area contributed by atoms with E-state index in [9.17, 15) is 4.79 Å². The highest BCUT2D eigenvalue weighted by molar-refractivity contribution is 5.96. The highest BCUT2D eigenvalue weighted by atomic mass is 16.1. The lowest BCUT2D eigenvalue weighted by atomic mass is 10.0. The molecule has 1 aliphatic heterocycles. The van der Waals surface area contributed by atoms with Gasteiger partial charge >= 0.3 is 0 Å². The fraction of sp³-hybridized carbons (Fsp3) is 0.414. The molecule has 0 amide bonds. The number of likely N-dealkylation sites (tertiary alicyclic amines) is 1.